The zero-order valence-electron chi connectivity index (χ0n) is 12.6. The number of benzene rings is 1. The third kappa shape index (κ3) is 3.19. The van der Waals surface area contributed by atoms with Crippen molar-refractivity contribution in [1.82, 2.24) is 10.2 Å². The summed E-state index contributed by atoms with van der Waals surface area (Å²) in [4.78, 5) is 25.2. The number of carbonyl (C=O) groups excluding carboxylic acids is 2. The van der Waals surface area contributed by atoms with Crippen LogP contribution in [0.1, 0.15) is 31.9 Å². The fraction of sp³-hybridized carbons (Fsp3) is 0.312. The van der Waals surface area contributed by atoms with Crippen LogP contribution in [0.5, 0.6) is 0 Å². The predicted molar refractivity (Wildman–Crippen MR) is 86.6 cm³/mol. The van der Waals surface area contributed by atoms with E-state index in [4.69, 9.17) is 12.2 Å². The lowest BCUT2D eigenvalue weighted by molar-refractivity contribution is -0.128. The summed E-state index contributed by atoms with van der Waals surface area (Å²) in [6, 6.07) is 7.82. The zero-order valence-corrected chi connectivity index (χ0v) is 13.4. The average Bonchev–Trinajstić information content (AvgIpc) is 2.41. The summed E-state index contributed by atoms with van der Waals surface area (Å²) >= 11 is 4.90. The number of nitrogens with zero attached hydrogens (tertiary/aromatic N) is 1. The SMILES string of the molecule is CN1C(=O)/C(=C/c2ccc(C(C)(C)C)cc2)C(=O)NC1=S. The van der Waals surface area contributed by atoms with Crippen molar-refractivity contribution in [3.8, 4) is 0 Å². The molecular formula is C16H18N2O2S. The summed E-state index contributed by atoms with van der Waals surface area (Å²) < 4.78 is 0. The topological polar surface area (TPSA) is 49.4 Å². The van der Waals surface area contributed by atoms with Gasteiger partial charge in [-0.2, -0.15) is 0 Å². The highest BCUT2D eigenvalue weighted by Gasteiger charge is 2.30. The number of hydrogen-bond acceptors (Lipinski definition) is 3. The number of thiocarbonyl (C=S) groups is 1. The molecule has 1 heterocycles. The molecule has 0 spiro atoms. The van der Waals surface area contributed by atoms with Crippen molar-refractivity contribution in [2.75, 3.05) is 7.05 Å². The van der Waals surface area contributed by atoms with Crippen LogP contribution in [0.2, 0.25) is 0 Å². The normalized spacial score (nSPS) is 18.2. The molecule has 2 amide bonds. The third-order valence-electron chi connectivity index (χ3n) is 3.39. The van der Waals surface area contributed by atoms with Crippen LogP contribution in [0.25, 0.3) is 6.08 Å². The Kier molecular flexibility index (Phi) is 3.96. The molecule has 21 heavy (non-hydrogen) atoms. The second-order valence-corrected chi connectivity index (χ2v) is 6.44. The molecule has 0 aliphatic carbocycles. The fourth-order valence-corrected chi connectivity index (χ4v) is 2.17. The molecule has 1 aliphatic rings. The molecule has 5 heteroatoms. The molecular weight excluding hydrogens is 284 g/mol. The van der Waals surface area contributed by atoms with Gasteiger partial charge in [-0.3, -0.25) is 19.8 Å². The minimum Gasteiger partial charge on any atom is -0.298 e. The van der Waals surface area contributed by atoms with Crippen molar-refractivity contribution in [2.24, 2.45) is 0 Å². The Bertz CT molecular complexity index is 639. The number of carbonyl (C=O) groups is 2. The molecule has 0 aromatic heterocycles. The lowest BCUT2D eigenvalue weighted by atomic mass is 9.86. The maximum atomic E-state index is 12.1. The summed E-state index contributed by atoms with van der Waals surface area (Å²) in [5.41, 5.74) is 2.16. The van der Waals surface area contributed by atoms with Crippen LogP contribution < -0.4 is 5.32 Å². The van der Waals surface area contributed by atoms with E-state index in [0.717, 1.165) is 5.56 Å². The van der Waals surface area contributed by atoms with E-state index in [2.05, 4.69) is 26.1 Å². The van der Waals surface area contributed by atoms with Crippen molar-refractivity contribution in [2.45, 2.75) is 26.2 Å². The van der Waals surface area contributed by atoms with E-state index in [0.29, 0.717) is 0 Å². The molecule has 2 rings (SSSR count). The zero-order chi connectivity index (χ0) is 15.8. The van der Waals surface area contributed by atoms with Crippen LogP contribution in [-0.2, 0) is 15.0 Å². The maximum absolute atomic E-state index is 12.1. The summed E-state index contributed by atoms with van der Waals surface area (Å²) in [6.45, 7) is 6.40. The molecule has 0 saturated carbocycles. The smallest absolute Gasteiger partial charge is 0.265 e. The van der Waals surface area contributed by atoms with Crippen molar-refractivity contribution in [1.29, 1.82) is 0 Å². The van der Waals surface area contributed by atoms with Gasteiger partial charge < -0.3 is 0 Å². The van der Waals surface area contributed by atoms with Crippen LogP contribution in [0.15, 0.2) is 29.8 Å². The molecule has 1 aromatic rings. The van der Waals surface area contributed by atoms with Crippen LogP contribution in [0.4, 0.5) is 0 Å². The van der Waals surface area contributed by atoms with Gasteiger partial charge in [0.2, 0.25) is 0 Å². The van der Waals surface area contributed by atoms with Crippen LogP contribution in [-0.4, -0.2) is 28.9 Å². The van der Waals surface area contributed by atoms with Gasteiger partial charge in [-0.15, -0.1) is 0 Å². The largest absolute Gasteiger partial charge is 0.298 e. The van der Waals surface area contributed by atoms with Crippen molar-refractivity contribution >= 4 is 35.2 Å². The van der Waals surface area contributed by atoms with Gasteiger partial charge in [-0.1, -0.05) is 45.0 Å². The van der Waals surface area contributed by atoms with E-state index < -0.39 is 5.91 Å². The molecule has 1 saturated heterocycles. The minimum absolute atomic E-state index is 0.0656. The Hall–Kier alpha value is -2.01. The summed E-state index contributed by atoms with van der Waals surface area (Å²) in [5.74, 6) is -0.841. The van der Waals surface area contributed by atoms with E-state index in [1.807, 2.05) is 24.3 Å². The van der Waals surface area contributed by atoms with Gasteiger partial charge in [0, 0.05) is 7.05 Å². The van der Waals surface area contributed by atoms with E-state index in [9.17, 15) is 9.59 Å². The van der Waals surface area contributed by atoms with Gasteiger partial charge in [0.1, 0.15) is 5.57 Å². The average molecular weight is 302 g/mol. The maximum Gasteiger partial charge on any atom is 0.265 e. The van der Waals surface area contributed by atoms with Crippen LogP contribution >= 0.6 is 12.2 Å². The quantitative estimate of drug-likeness (QED) is 0.492. The molecule has 1 aliphatic heterocycles. The highest BCUT2D eigenvalue weighted by molar-refractivity contribution is 7.80. The summed E-state index contributed by atoms with van der Waals surface area (Å²) in [6.07, 6.45) is 1.59. The number of likely N-dealkylation sites (N-methyl/N-ethyl adjacent to an activating group) is 1. The number of hydrogen-bond donors (Lipinski definition) is 1. The Morgan fingerprint density at radius 3 is 2.24 bits per heavy atom. The first-order valence-electron chi connectivity index (χ1n) is 6.66. The Balaban J connectivity index is 2.33. The highest BCUT2D eigenvalue weighted by Crippen LogP contribution is 2.23. The van der Waals surface area contributed by atoms with Crippen molar-refractivity contribution in [3.63, 3.8) is 0 Å². The number of rotatable bonds is 1. The highest BCUT2D eigenvalue weighted by atomic mass is 32.1. The van der Waals surface area contributed by atoms with Gasteiger partial charge in [-0.25, -0.2) is 0 Å². The van der Waals surface area contributed by atoms with Crippen LogP contribution in [0, 0.1) is 0 Å². The molecule has 1 fully saturated rings. The summed E-state index contributed by atoms with van der Waals surface area (Å²) in [7, 11) is 1.54. The van der Waals surface area contributed by atoms with E-state index in [1.165, 1.54) is 10.5 Å². The lowest BCUT2D eigenvalue weighted by Gasteiger charge is -2.25. The first-order valence-corrected chi connectivity index (χ1v) is 7.06. The van der Waals surface area contributed by atoms with Gasteiger partial charge in [0.05, 0.1) is 0 Å². The molecule has 0 atom stereocenters. The molecule has 110 valence electrons. The Morgan fingerprint density at radius 1 is 1.14 bits per heavy atom. The predicted octanol–water partition coefficient (Wildman–Crippen LogP) is 2.24. The minimum atomic E-state index is -0.456. The third-order valence-corrected chi connectivity index (χ3v) is 3.77. The Morgan fingerprint density at radius 2 is 1.71 bits per heavy atom. The van der Waals surface area contributed by atoms with E-state index >= 15 is 0 Å². The van der Waals surface area contributed by atoms with Crippen LogP contribution in [0.3, 0.4) is 0 Å². The standard InChI is InChI=1S/C16H18N2O2S/c1-16(2,3)11-7-5-10(6-8-11)9-12-13(19)17-15(21)18(4)14(12)20/h5-9H,1-4H3,(H,17,19,21)/b12-9+. The second kappa shape index (κ2) is 5.41. The van der Waals surface area contributed by atoms with Gasteiger partial charge in [0.15, 0.2) is 5.11 Å². The lowest BCUT2D eigenvalue weighted by Crippen LogP contribution is -2.52. The first-order chi connectivity index (χ1) is 9.70. The van der Waals surface area contributed by atoms with Crippen molar-refractivity contribution < 1.29 is 9.59 Å². The molecule has 0 bridgehead atoms. The van der Waals surface area contributed by atoms with Gasteiger partial charge in [-0.05, 0) is 34.8 Å². The molecule has 1 aromatic carbocycles. The molecule has 0 unspecified atom stereocenters. The van der Waals surface area contributed by atoms with Crippen molar-refractivity contribution in [3.05, 3.63) is 41.0 Å². The summed E-state index contributed by atoms with van der Waals surface area (Å²) in [5, 5.41) is 2.62. The number of amides is 2. The molecule has 0 radical (unpaired) electrons. The van der Waals surface area contributed by atoms with Gasteiger partial charge in [0.25, 0.3) is 11.8 Å². The van der Waals surface area contributed by atoms with Gasteiger partial charge >= 0.3 is 0 Å². The fourth-order valence-electron chi connectivity index (χ4n) is 1.99. The second-order valence-electron chi connectivity index (χ2n) is 6.05. The Labute approximate surface area is 129 Å². The monoisotopic (exact) mass is 302 g/mol. The van der Waals surface area contributed by atoms with E-state index in [-0.39, 0.29) is 22.0 Å². The molecule has 1 N–H and O–H groups in total. The van der Waals surface area contributed by atoms with E-state index in [1.54, 1.807) is 13.1 Å². The molecule has 4 nitrogen and oxygen atoms in total. The number of nitrogens with one attached hydrogen (secondary N) is 1. The first kappa shape index (κ1) is 15.4.